The quantitative estimate of drug-likeness (QED) is 0.558. The molecular formula is C20H18IN3O2. The SMILES string of the molecule is Cc1ccc(C(=O)NCc2cccc(Oc3cccc(I)c3)c2)c(N)n1. The molecule has 0 aliphatic heterocycles. The Morgan fingerprint density at radius 3 is 2.58 bits per heavy atom. The molecule has 0 atom stereocenters. The number of hydrogen-bond donors (Lipinski definition) is 2. The summed E-state index contributed by atoms with van der Waals surface area (Å²) < 4.78 is 6.98. The predicted octanol–water partition coefficient (Wildman–Crippen LogP) is 4.30. The van der Waals surface area contributed by atoms with E-state index in [1.54, 1.807) is 12.1 Å². The first-order chi connectivity index (χ1) is 12.5. The van der Waals surface area contributed by atoms with Crippen molar-refractivity contribution >= 4 is 34.3 Å². The molecule has 132 valence electrons. The molecule has 0 fully saturated rings. The van der Waals surface area contributed by atoms with Gasteiger partial charge in [-0.15, -0.1) is 0 Å². The first-order valence-corrected chi connectivity index (χ1v) is 9.13. The van der Waals surface area contributed by atoms with E-state index in [1.807, 2.05) is 55.5 Å². The summed E-state index contributed by atoms with van der Waals surface area (Å²) >= 11 is 2.24. The second-order valence-electron chi connectivity index (χ2n) is 5.77. The van der Waals surface area contributed by atoms with E-state index in [4.69, 9.17) is 10.5 Å². The van der Waals surface area contributed by atoms with Crippen molar-refractivity contribution in [1.82, 2.24) is 10.3 Å². The number of carbonyl (C=O) groups is 1. The van der Waals surface area contributed by atoms with E-state index in [1.165, 1.54) is 0 Å². The Morgan fingerprint density at radius 2 is 1.85 bits per heavy atom. The van der Waals surface area contributed by atoms with Gasteiger partial charge in [-0.05, 0) is 77.5 Å². The third kappa shape index (κ3) is 4.72. The zero-order valence-electron chi connectivity index (χ0n) is 14.2. The van der Waals surface area contributed by atoms with Crippen LogP contribution in [0.1, 0.15) is 21.6 Å². The minimum atomic E-state index is -0.251. The maximum absolute atomic E-state index is 12.3. The number of carbonyl (C=O) groups excluding carboxylic acids is 1. The number of nitrogens with two attached hydrogens (primary N) is 1. The van der Waals surface area contributed by atoms with E-state index in [-0.39, 0.29) is 11.7 Å². The lowest BCUT2D eigenvalue weighted by molar-refractivity contribution is 0.0951. The summed E-state index contributed by atoms with van der Waals surface area (Å²) in [6.45, 7) is 2.20. The van der Waals surface area contributed by atoms with Gasteiger partial charge in [0.2, 0.25) is 0 Å². The van der Waals surface area contributed by atoms with E-state index in [9.17, 15) is 4.79 Å². The summed E-state index contributed by atoms with van der Waals surface area (Å²) in [7, 11) is 0. The van der Waals surface area contributed by atoms with E-state index in [0.717, 1.165) is 26.3 Å². The van der Waals surface area contributed by atoms with Crippen molar-refractivity contribution in [3.63, 3.8) is 0 Å². The van der Waals surface area contributed by atoms with Crippen LogP contribution in [-0.4, -0.2) is 10.9 Å². The van der Waals surface area contributed by atoms with E-state index >= 15 is 0 Å². The van der Waals surface area contributed by atoms with Gasteiger partial charge in [0.1, 0.15) is 17.3 Å². The Labute approximate surface area is 165 Å². The van der Waals surface area contributed by atoms with Gasteiger partial charge in [0.15, 0.2) is 0 Å². The van der Waals surface area contributed by atoms with Crippen LogP contribution in [0.3, 0.4) is 0 Å². The Hall–Kier alpha value is -2.61. The first kappa shape index (κ1) is 18.2. The average Bonchev–Trinajstić information content (AvgIpc) is 2.60. The van der Waals surface area contributed by atoms with Gasteiger partial charge in [0.05, 0.1) is 5.56 Å². The van der Waals surface area contributed by atoms with Crippen LogP contribution in [0.2, 0.25) is 0 Å². The predicted molar refractivity (Wildman–Crippen MR) is 110 cm³/mol. The number of amides is 1. The Balaban J connectivity index is 1.66. The van der Waals surface area contributed by atoms with Crippen LogP contribution in [-0.2, 0) is 6.54 Å². The summed E-state index contributed by atoms with van der Waals surface area (Å²) in [4.78, 5) is 16.4. The number of benzene rings is 2. The maximum Gasteiger partial charge on any atom is 0.255 e. The molecule has 0 unspecified atom stereocenters. The van der Waals surface area contributed by atoms with Crippen LogP contribution in [0, 0.1) is 10.5 Å². The van der Waals surface area contributed by atoms with Crippen LogP contribution in [0.5, 0.6) is 11.5 Å². The lowest BCUT2D eigenvalue weighted by atomic mass is 10.2. The molecule has 26 heavy (non-hydrogen) atoms. The number of hydrogen-bond acceptors (Lipinski definition) is 4. The fraction of sp³-hybridized carbons (Fsp3) is 0.100. The van der Waals surface area contributed by atoms with Gasteiger partial charge in [0, 0.05) is 15.8 Å². The molecule has 0 bridgehead atoms. The van der Waals surface area contributed by atoms with Crippen molar-refractivity contribution in [2.45, 2.75) is 13.5 Å². The normalized spacial score (nSPS) is 10.4. The molecule has 0 aliphatic rings. The van der Waals surface area contributed by atoms with Crippen LogP contribution in [0.25, 0.3) is 0 Å². The average molecular weight is 459 g/mol. The van der Waals surface area contributed by atoms with Gasteiger partial charge in [0.25, 0.3) is 5.91 Å². The van der Waals surface area contributed by atoms with Crippen molar-refractivity contribution in [2.24, 2.45) is 0 Å². The summed E-state index contributed by atoms with van der Waals surface area (Å²) in [5.41, 5.74) is 7.91. The number of rotatable bonds is 5. The topological polar surface area (TPSA) is 77.2 Å². The van der Waals surface area contributed by atoms with Gasteiger partial charge in [-0.25, -0.2) is 4.98 Å². The zero-order chi connectivity index (χ0) is 18.5. The second-order valence-corrected chi connectivity index (χ2v) is 7.02. The Bertz CT molecular complexity index is 944. The van der Waals surface area contributed by atoms with Crippen molar-refractivity contribution in [1.29, 1.82) is 0 Å². The number of aryl methyl sites for hydroxylation is 1. The fourth-order valence-electron chi connectivity index (χ4n) is 2.43. The van der Waals surface area contributed by atoms with Crippen LogP contribution in [0.4, 0.5) is 5.82 Å². The molecule has 0 saturated carbocycles. The number of anilines is 1. The fourth-order valence-corrected chi connectivity index (χ4v) is 2.95. The van der Waals surface area contributed by atoms with Gasteiger partial charge < -0.3 is 15.8 Å². The molecule has 1 aromatic heterocycles. The summed E-state index contributed by atoms with van der Waals surface area (Å²) in [6.07, 6.45) is 0. The highest BCUT2D eigenvalue weighted by Crippen LogP contribution is 2.23. The number of pyridine rings is 1. The Morgan fingerprint density at radius 1 is 1.12 bits per heavy atom. The number of halogens is 1. The highest BCUT2D eigenvalue weighted by Gasteiger charge is 2.10. The lowest BCUT2D eigenvalue weighted by Gasteiger charge is -2.10. The van der Waals surface area contributed by atoms with Gasteiger partial charge in [-0.3, -0.25) is 4.79 Å². The van der Waals surface area contributed by atoms with Gasteiger partial charge in [-0.2, -0.15) is 0 Å². The number of ether oxygens (including phenoxy) is 1. The van der Waals surface area contributed by atoms with Crippen molar-refractivity contribution in [3.8, 4) is 11.5 Å². The summed E-state index contributed by atoms with van der Waals surface area (Å²) in [6, 6.07) is 18.9. The van der Waals surface area contributed by atoms with Crippen LogP contribution >= 0.6 is 22.6 Å². The molecule has 6 heteroatoms. The van der Waals surface area contributed by atoms with Gasteiger partial charge >= 0.3 is 0 Å². The third-order valence-electron chi connectivity index (χ3n) is 3.69. The molecule has 1 amide bonds. The number of nitrogens with zero attached hydrogens (tertiary/aromatic N) is 1. The highest BCUT2D eigenvalue weighted by molar-refractivity contribution is 14.1. The third-order valence-corrected chi connectivity index (χ3v) is 4.36. The van der Waals surface area contributed by atoms with Crippen LogP contribution in [0.15, 0.2) is 60.7 Å². The van der Waals surface area contributed by atoms with Crippen molar-refractivity contribution in [3.05, 3.63) is 81.1 Å². The molecule has 0 aliphatic carbocycles. The van der Waals surface area contributed by atoms with Crippen molar-refractivity contribution in [2.75, 3.05) is 5.73 Å². The number of nitrogens with one attached hydrogen (secondary N) is 1. The minimum Gasteiger partial charge on any atom is -0.457 e. The summed E-state index contributed by atoms with van der Waals surface area (Å²) in [5.74, 6) is 1.48. The molecule has 0 radical (unpaired) electrons. The molecule has 0 spiro atoms. The molecule has 5 nitrogen and oxygen atoms in total. The minimum absolute atomic E-state index is 0.235. The number of aromatic nitrogens is 1. The van der Waals surface area contributed by atoms with Crippen LogP contribution < -0.4 is 15.8 Å². The summed E-state index contributed by atoms with van der Waals surface area (Å²) in [5, 5.41) is 2.86. The molecule has 3 rings (SSSR count). The zero-order valence-corrected chi connectivity index (χ0v) is 16.4. The largest absolute Gasteiger partial charge is 0.457 e. The molecule has 1 heterocycles. The molecule has 3 aromatic rings. The number of nitrogen functional groups attached to an aromatic ring is 1. The van der Waals surface area contributed by atoms with E-state index < -0.39 is 0 Å². The van der Waals surface area contributed by atoms with Crippen molar-refractivity contribution < 1.29 is 9.53 Å². The van der Waals surface area contributed by atoms with Gasteiger partial charge in [-0.1, -0.05) is 18.2 Å². The molecule has 2 aromatic carbocycles. The molecule has 0 saturated heterocycles. The van der Waals surface area contributed by atoms with E-state index in [2.05, 4.69) is 32.9 Å². The first-order valence-electron chi connectivity index (χ1n) is 8.05. The lowest BCUT2D eigenvalue weighted by Crippen LogP contribution is -2.24. The standard InChI is InChI=1S/C20H18IN3O2/c1-13-8-9-18(19(22)24-13)20(25)23-12-14-4-2-6-16(10-14)26-17-7-3-5-15(21)11-17/h2-11H,12H2,1H3,(H2,22,24)(H,23,25). The second kappa shape index (κ2) is 8.18. The Kier molecular flexibility index (Phi) is 5.72. The highest BCUT2D eigenvalue weighted by atomic mass is 127. The maximum atomic E-state index is 12.3. The smallest absolute Gasteiger partial charge is 0.255 e. The molecule has 3 N–H and O–H groups in total. The van der Waals surface area contributed by atoms with E-state index in [0.29, 0.717) is 12.1 Å². The molecular weight excluding hydrogens is 441 g/mol. The monoisotopic (exact) mass is 459 g/mol.